The Morgan fingerprint density at radius 3 is 2.23 bits per heavy atom. The summed E-state index contributed by atoms with van der Waals surface area (Å²) in [6.45, 7) is 0. The first-order valence-electron chi connectivity index (χ1n) is 9.29. The molecule has 4 rings (SSSR count). The highest BCUT2D eigenvalue weighted by Crippen LogP contribution is 2.35. The van der Waals surface area contributed by atoms with E-state index < -0.39 is 15.3 Å². The molecule has 1 saturated carbocycles. The summed E-state index contributed by atoms with van der Waals surface area (Å²) in [6.07, 6.45) is 1.90. The van der Waals surface area contributed by atoms with Crippen molar-refractivity contribution in [2.45, 2.75) is 34.3 Å². The van der Waals surface area contributed by atoms with Crippen molar-refractivity contribution in [2.75, 3.05) is 10.2 Å². The quantitative estimate of drug-likeness (QED) is 0.656. The minimum atomic E-state index is -3.85. The van der Waals surface area contributed by atoms with Crippen LogP contribution in [0.15, 0.2) is 58.3 Å². The SMILES string of the molecule is NS(=O)(=O)c1ccc(N2C(=O)CC(Sc3ccc(NC(=O)C4CC4)cc3)C2=O)cc1. The second-order valence-corrected chi connectivity index (χ2v) is 10.0. The Balaban J connectivity index is 1.43. The minimum absolute atomic E-state index is 0.0241. The number of hydrogen-bond acceptors (Lipinski definition) is 6. The molecule has 3 amide bonds. The van der Waals surface area contributed by atoms with Crippen molar-refractivity contribution in [3.05, 3.63) is 48.5 Å². The van der Waals surface area contributed by atoms with E-state index in [9.17, 15) is 22.8 Å². The van der Waals surface area contributed by atoms with Crippen LogP contribution in [0.5, 0.6) is 0 Å². The number of primary sulfonamides is 1. The van der Waals surface area contributed by atoms with E-state index in [2.05, 4.69) is 5.32 Å². The van der Waals surface area contributed by atoms with Gasteiger partial charge in [-0.2, -0.15) is 0 Å². The molecule has 2 aliphatic rings. The Bertz CT molecular complexity index is 1110. The van der Waals surface area contributed by atoms with Gasteiger partial charge in [-0.25, -0.2) is 18.5 Å². The zero-order valence-electron chi connectivity index (χ0n) is 15.8. The van der Waals surface area contributed by atoms with E-state index >= 15 is 0 Å². The number of thioether (sulfide) groups is 1. The Kier molecular flexibility index (Phi) is 5.39. The molecule has 1 unspecified atom stereocenters. The van der Waals surface area contributed by atoms with Crippen molar-refractivity contribution in [1.82, 2.24) is 0 Å². The number of carbonyl (C=O) groups is 3. The van der Waals surface area contributed by atoms with E-state index in [0.29, 0.717) is 11.4 Å². The maximum atomic E-state index is 12.8. The average molecular weight is 446 g/mol. The van der Waals surface area contributed by atoms with Crippen molar-refractivity contribution in [2.24, 2.45) is 11.1 Å². The summed E-state index contributed by atoms with van der Waals surface area (Å²) in [6, 6.07) is 12.4. The number of carbonyl (C=O) groups excluding carboxylic acids is 3. The topological polar surface area (TPSA) is 127 Å². The lowest BCUT2D eigenvalue weighted by Crippen LogP contribution is -2.31. The van der Waals surface area contributed by atoms with E-state index in [4.69, 9.17) is 5.14 Å². The van der Waals surface area contributed by atoms with Crippen molar-refractivity contribution in [1.29, 1.82) is 0 Å². The number of imide groups is 1. The molecule has 3 N–H and O–H groups in total. The predicted octanol–water partition coefficient (Wildman–Crippen LogP) is 2.11. The van der Waals surface area contributed by atoms with E-state index in [-0.39, 0.29) is 35.0 Å². The predicted molar refractivity (Wildman–Crippen MR) is 112 cm³/mol. The first kappa shape index (κ1) is 20.6. The van der Waals surface area contributed by atoms with Gasteiger partial charge in [0.1, 0.15) is 0 Å². The van der Waals surface area contributed by atoms with Crippen LogP contribution >= 0.6 is 11.8 Å². The number of amides is 3. The van der Waals surface area contributed by atoms with Gasteiger partial charge in [0.15, 0.2) is 0 Å². The molecular weight excluding hydrogens is 426 g/mol. The molecule has 1 saturated heterocycles. The van der Waals surface area contributed by atoms with Crippen LogP contribution in [-0.4, -0.2) is 31.4 Å². The molecule has 0 bridgehead atoms. The normalized spacial score (nSPS) is 19.2. The van der Waals surface area contributed by atoms with E-state index in [1.54, 1.807) is 24.3 Å². The van der Waals surface area contributed by atoms with Crippen molar-refractivity contribution < 1.29 is 22.8 Å². The van der Waals surface area contributed by atoms with Crippen LogP contribution < -0.4 is 15.4 Å². The van der Waals surface area contributed by atoms with Gasteiger partial charge in [-0.15, -0.1) is 11.8 Å². The number of anilines is 2. The van der Waals surface area contributed by atoms with Crippen molar-refractivity contribution in [3.63, 3.8) is 0 Å². The number of nitrogens with one attached hydrogen (secondary N) is 1. The summed E-state index contributed by atoms with van der Waals surface area (Å²) < 4.78 is 22.7. The minimum Gasteiger partial charge on any atom is -0.326 e. The summed E-state index contributed by atoms with van der Waals surface area (Å²) in [4.78, 5) is 38.8. The third-order valence-corrected chi connectivity index (χ3v) is 7.00. The first-order chi connectivity index (χ1) is 14.2. The fraction of sp³-hybridized carbons (Fsp3) is 0.250. The molecule has 1 aliphatic carbocycles. The third kappa shape index (κ3) is 4.40. The van der Waals surface area contributed by atoms with Crippen LogP contribution in [0.4, 0.5) is 11.4 Å². The van der Waals surface area contributed by atoms with Gasteiger partial charge in [-0.1, -0.05) is 0 Å². The molecular formula is C20H19N3O5S2. The molecule has 10 heteroatoms. The lowest BCUT2D eigenvalue weighted by molar-refractivity contribution is -0.121. The lowest BCUT2D eigenvalue weighted by atomic mass is 10.3. The van der Waals surface area contributed by atoms with Crippen LogP contribution in [-0.2, 0) is 24.4 Å². The van der Waals surface area contributed by atoms with Gasteiger partial charge in [-0.05, 0) is 61.4 Å². The first-order valence-corrected chi connectivity index (χ1v) is 11.7. The molecule has 8 nitrogen and oxygen atoms in total. The third-order valence-electron chi connectivity index (χ3n) is 4.88. The van der Waals surface area contributed by atoms with Crippen LogP contribution in [0.3, 0.4) is 0 Å². The Hall–Kier alpha value is -2.69. The van der Waals surface area contributed by atoms with Gasteiger partial charge in [0.05, 0.1) is 15.8 Å². The standard InChI is InChI=1S/C20H19N3O5S2/c21-30(27,28)16-9-5-14(6-10-16)23-18(24)11-17(20(23)26)29-15-7-3-13(4-8-15)22-19(25)12-1-2-12/h3-10,12,17H,1-2,11H2,(H,22,25)(H2,21,27,28). The number of hydrogen-bond donors (Lipinski definition) is 2. The molecule has 1 heterocycles. The van der Waals surface area contributed by atoms with Gasteiger partial charge < -0.3 is 5.32 Å². The maximum Gasteiger partial charge on any atom is 0.247 e. The second kappa shape index (κ2) is 7.86. The average Bonchev–Trinajstić information content (AvgIpc) is 3.50. The fourth-order valence-corrected chi connectivity index (χ4v) is 4.69. The summed E-state index contributed by atoms with van der Waals surface area (Å²) in [5, 5.41) is 7.35. The van der Waals surface area contributed by atoms with Gasteiger partial charge in [-0.3, -0.25) is 14.4 Å². The molecule has 2 aromatic rings. The second-order valence-electron chi connectivity index (χ2n) is 7.20. The van der Waals surface area contributed by atoms with Crippen molar-refractivity contribution >= 4 is 50.9 Å². The largest absolute Gasteiger partial charge is 0.326 e. The summed E-state index contributed by atoms with van der Waals surface area (Å²) in [7, 11) is -3.85. The van der Waals surface area contributed by atoms with E-state index in [1.807, 2.05) is 0 Å². The Morgan fingerprint density at radius 2 is 1.67 bits per heavy atom. The molecule has 156 valence electrons. The zero-order chi connectivity index (χ0) is 21.5. The number of nitrogens with two attached hydrogens (primary N) is 1. The van der Waals surface area contributed by atoms with Gasteiger partial charge in [0.2, 0.25) is 27.7 Å². The summed E-state index contributed by atoms with van der Waals surface area (Å²) in [5.41, 5.74) is 1.00. The van der Waals surface area contributed by atoms with Crippen LogP contribution in [0.2, 0.25) is 0 Å². The molecule has 2 fully saturated rings. The van der Waals surface area contributed by atoms with Crippen LogP contribution in [0, 0.1) is 5.92 Å². The van der Waals surface area contributed by atoms with Crippen molar-refractivity contribution in [3.8, 4) is 0 Å². The molecule has 30 heavy (non-hydrogen) atoms. The fourth-order valence-electron chi connectivity index (χ4n) is 3.12. The Labute approximate surface area is 177 Å². The summed E-state index contributed by atoms with van der Waals surface area (Å²) in [5.74, 6) is -0.573. The van der Waals surface area contributed by atoms with Gasteiger partial charge in [0, 0.05) is 22.9 Å². The van der Waals surface area contributed by atoms with Crippen LogP contribution in [0.25, 0.3) is 0 Å². The van der Waals surface area contributed by atoms with Gasteiger partial charge in [0.25, 0.3) is 0 Å². The smallest absolute Gasteiger partial charge is 0.247 e. The maximum absolute atomic E-state index is 12.8. The molecule has 0 radical (unpaired) electrons. The molecule has 2 aromatic carbocycles. The Morgan fingerprint density at radius 1 is 1.03 bits per heavy atom. The number of sulfonamides is 1. The molecule has 1 atom stereocenters. The highest BCUT2D eigenvalue weighted by Gasteiger charge is 2.40. The van der Waals surface area contributed by atoms with Crippen LogP contribution in [0.1, 0.15) is 19.3 Å². The highest BCUT2D eigenvalue weighted by atomic mass is 32.2. The zero-order valence-corrected chi connectivity index (χ0v) is 17.4. The van der Waals surface area contributed by atoms with Gasteiger partial charge >= 0.3 is 0 Å². The summed E-state index contributed by atoms with van der Waals surface area (Å²) >= 11 is 1.27. The molecule has 0 aromatic heterocycles. The molecule has 0 spiro atoms. The highest BCUT2D eigenvalue weighted by molar-refractivity contribution is 8.00. The monoisotopic (exact) mass is 445 g/mol. The van der Waals surface area contributed by atoms with E-state index in [0.717, 1.165) is 22.6 Å². The number of rotatable bonds is 6. The molecule has 1 aliphatic heterocycles. The number of nitrogens with zero attached hydrogens (tertiary/aromatic N) is 1. The lowest BCUT2D eigenvalue weighted by Gasteiger charge is -2.15. The number of benzene rings is 2. The van der Waals surface area contributed by atoms with E-state index in [1.165, 1.54) is 36.0 Å².